The van der Waals surface area contributed by atoms with Gasteiger partial charge >= 0.3 is 233 Å². The predicted octanol–water partition coefficient (Wildman–Crippen LogP) is 3.61. The van der Waals surface area contributed by atoms with Crippen molar-refractivity contribution in [2.45, 2.75) is 26.3 Å². The SMILES string of the molecule is Cc1ccc2[se]c(C=C3N(C)c4cc(Cl)c(Cl)cc4N3CCCS(=O)(=O)O)[n+](CCCS(=O)(=O)O)c2c1. The summed E-state index contributed by atoms with van der Waals surface area (Å²) < 4.78 is 68.0. The molecule has 200 valence electrons. The predicted molar refractivity (Wildman–Crippen MR) is 148 cm³/mol. The van der Waals surface area contributed by atoms with Crippen LogP contribution >= 0.6 is 23.2 Å². The van der Waals surface area contributed by atoms with Crippen molar-refractivity contribution in [3.8, 4) is 0 Å². The van der Waals surface area contributed by atoms with E-state index in [9.17, 15) is 25.9 Å². The van der Waals surface area contributed by atoms with Gasteiger partial charge in [-0.3, -0.25) is 0 Å². The van der Waals surface area contributed by atoms with Gasteiger partial charge in [-0.1, -0.05) is 0 Å². The van der Waals surface area contributed by atoms with Crippen LogP contribution in [-0.4, -0.2) is 65.5 Å². The molecule has 0 aliphatic carbocycles. The number of aryl methyl sites for hydroxylation is 2. The van der Waals surface area contributed by atoms with Crippen molar-refractivity contribution in [2.75, 3.05) is 34.9 Å². The van der Waals surface area contributed by atoms with Crippen molar-refractivity contribution in [2.24, 2.45) is 0 Å². The quantitative estimate of drug-likeness (QED) is 0.204. The first-order chi connectivity index (χ1) is 17.2. The zero-order chi connectivity index (χ0) is 27.1. The van der Waals surface area contributed by atoms with Crippen LogP contribution in [0.5, 0.6) is 0 Å². The molecule has 0 atom stereocenters. The van der Waals surface area contributed by atoms with Crippen LogP contribution in [0, 0.1) is 6.92 Å². The molecule has 9 nitrogen and oxygen atoms in total. The van der Waals surface area contributed by atoms with Crippen LogP contribution in [0.2, 0.25) is 10.0 Å². The van der Waals surface area contributed by atoms with Crippen LogP contribution in [0.1, 0.15) is 23.0 Å². The number of halogens is 2. The van der Waals surface area contributed by atoms with Crippen molar-refractivity contribution in [1.29, 1.82) is 0 Å². The Labute approximate surface area is 232 Å². The van der Waals surface area contributed by atoms with Crippen molar-refractivity contribution >= 4 is 85.2 Å². The Morgan fingerprint density at radius 2 is 1.59 bits per heavy atom. The Balaban J connectivity index is 1.80. The van der Waals surface area contributed by atoms with E-state index in [-0.39, 0.29) is 38.9 Å². The molecule has 2 heterocycles. The van der Waals surface area contributed by atoms with Crippen LogP contribution < -0.4 is 14.4 Å². The van der Waals surface area contributed by atoms with Gasteiger partial charge in [0, 0.05) is 0 Å². The van der Waals surface area contributed by atoms with Crippen molar-refractivity contribution in [3.63, 3.8) is 0 Å². The van der Waals surface area contributed by atoms with Gasteiger partial charge in [0.05, 0.1) is 0 Å². The Morgan fingerprint density at radius 1 is 0.973 bits per heavy atom. The second kappa shape index (κ2) is 10.9. The molecule has 0 radical (unpaired) electrons. The average Bonchev–Trinajstić information content (AvgIpc) is 3.23. The first-order valence-corrected chi connectivity index (χ1v) is 17.0. The normalized spacial score (nSPS) is 15.2. The molecule has 14 heteroatoms. The van der Waals surface area contributed by atoms with Crippen LogP contribution in [-0.2, 0) is 26.8 Å². The number of fused-ring (bicyclic) bond motifs is 2. The number of rotatable bonds is 9. The molecular formula is C23H26Cl2N3O6S2Se+. The minimum absolute atomic E-state index is 0.0842. The van der Waals surface area contributed by atoms with E-state index in [0.717, 1.165) is 37.1 Å². The summed E-state index contributed by atoms with van der Waals surface area (Å²) in [4.78, 5) is 3.88. The summed E-state index contributed by atoms with van der Waals surface area (Å²) in [6.45, 7) is 2.69. The third kappa shape index (κ3) is 6.69. The summed E-state index contributed by atoms with van der Waals surface area (Å²) in [7, 11) is -6.33. The summed E-state index contributed by atoms with van der Waals surface area (Å²) in [5.74, 6) is 0.0419. The molecule has 1 aliphatic rings. The second-order valence-corrected chi connectivity index (χ2v) is 15.0. The fraction of sp³-hybridized carbons (Fsp3) is 0.348. The van der Waals surface area contributed by atoms with E-state index in [0.29, 0.717) is 23.1 Å². The van der Waals surface area contributed by atoms with Gasteiger partial charge in [0.15, 0.2) is 0 Å². The van der Waals surface area contributed by atoms with Gasteiger partial charge in [0.1, 0.15) is 0 Å². The summed E-state index contributed by atoms with van der Waals surface area (Å²) in [6, 6.07) is 9.66. The number of benzene rings is 2. The maximum absolute atomic E-state index is 11.3. The topological polar surface area (TPSA) is 119 Å². The van der Waals surface area contributed by atoms with E-state index in [2.05, 4.69) is 16.7 Å². The molecule has 1 aromatic heterocycles. The fourth-order valence-corrected chi connectivity index (χ4v) is 7.93. The Hall–Kier alpha value is -1.63. The monoisotopic (exact) mass is 654 g/mol. The third-order valence-electron chi connectivity index (χ3n) is 6.00. The van der Waals surface area contributed by atoms with Crippen LogP contribution in [0.25, 0.3) is 15.9 Å². The van der Waals surface area contributed by atoms with Crippen molar-refractivity contribution < 1.29 is 30.5 Å². The van der Waals surface area contributed by atoms with Crippen molar-refractivity contribution in [1.82, 2.24) is 0 Å². The minimum atomic E-state index is -4.12. The summed E-state index contributed by atoms with van der Waals surface area (Å²) in [6.07, 6.45) is 2.44. The van der Waals surface area contributed by atoms with Gasteiger partial charge in [-0.05, 0) is 0 Å². The number of aromatic nitrogens is 1. The van der Waals surface area contributed by atoms with Crippen LogP contribution in [0.3, 0.4) is 0 Å². The molecule has 3 aromatic rings. The van der Waals surface area contributed by atoms with Crippen molar-refractivity contribution in [3.05, 3.63) is 56.3 Å². The van der Waals surface area contributed by atoms with Gasteiger partial charge in [-0.15, -0.1) is 0 Å². The zero-order valence-corrected chi connectivity index (χ0v) is 24.9. The fourth-order valence-electron chi connectivity index (χ4n) is 4.32. The molecule has 0 saturated heterocycles. The van der Waals surface area contributed by atoms with Gasteiger partial charge in [-0.25, -0.2) is 0 Å². The molecule has 0 bridgehead atoms. The van der Waals surface area contributed by atoms with Crippen LogP contribution in [0.4, 0.5) is 11.4 Å². The zero-order valence-electron chi connectivity index (χ0n) is 20.1. The number of hydrogen-bond acceptors (Lipinski definition) is 6. The molecule has 0 spiro atoms. The number of hydrogen-bond donors (Lipinski definition) is 2. The van der Waals surface area contributed by atoms with Gasteiger partial charge in [-0.2, -0.15) is 0 Å². The molecule has 2 aromatic carbocycles. The average molecular weight is 654 g/mol. The molecule has 0 unspecified atom stereocenters. The van der Waals surface area contributed by atoms with E-state index in [4.69, 9.17) is 23.2 Å². The third-order valence-corrected chi connectivity index (χ3v) is 10.7. The maximum atomic E-state index is 11.3. The van der Waals surface area contributed by atoms with Gasteiger partial charge < -0.3 is 0 Å². The van der Waals surface area contributed by atoms with E-state index in [1.54, 1.807) is 12.1 Å². The van der Waals surface area contributed by atoms with E-state index < -0.39 is 20.2 Å². The molecule has 1 aliphatic heterocycles. The van der Waals surface area contributed by atoms with Crippen LogP contribution in [0.15, 0.2) is 36.2 Å². The Bertz CT molecular complexity index is 1610. The van der Waals surface area contributed by atoms with E-state index in [1.807, 2.05) is 35.9 Å². The Morgan fingerprint density at radius 3 is 2.24 bits per heavy atom. The molecule has 4 rings (SSSR count). The first kappa shape index (κ1) is 28.4. The Kier molecular flexibility index (Phi) is 8.33. The van der Waals surface area contributed by atoms with Gasteiger partial charge in [0.2, 0.25) is 0 Å². The second-order valence-electron chi connectivity index (χ2n) is 8.81. The van der Waals surface area contributed by atoms with Gasteiger partial charge in [0.25, 0.3) is 0 Å². The van der Waals surface area contributed by atoms with E-state index in [1.165, 1.54) is 0 Å². The summed E-state index contributed by atoms with van der Waals surface area (Å²) >= 11 is 12.5. The molecular weight excluding hydrogens is 628 g/mol. The number of anilines is 2. The summed E-state index contributed by atoms with van der Waals surface area (Å²) in [5, 5.41) is 0.751. The molecule has 2 N–H and O–H groups in total. The standard InChI is InChI=1S/C23H25Cl2N3O6S2Se/c1-15-5-6-21-20(11-15)28(8-4-10-36(32,33)34)23(37-21)14-22-26(2)18-12-16(24)17(25)13-19(18)27(22)7-3-9-35(29,30)31/h5-6,11-14H,3-4,7-10H2,1-2H3,(H-,29,30,31,32,33,34)/p+1. The first-order valence-electron chi connectivity index (χ1n) is 11.3. The number of nitrogens with zero attached hydrogens (tertiary/aromatic N) is 3. The molecule has 0 fully saturated rings. The van der Waals surface area contributed by atoms with E-state index >= 15 is 0 Å². The molecule has 37 heavy (non-hydrogen) atoms. The molecule has 0 saturated carbocycles. The molecule has 0 amide bonds. The summed E-state index contributed by atoms with van der Waals surface area (Å²) in [5.41, 5.74) is 3.63.